The third-order valence-electron chi connectivity index (χ3n) is 16.3. The van der Waals surface area contributed by atoms with E-state index in [1.807, 2.05) is 48.5 Å². The molecule has 8 aromatic rings. The van der Waals surface area contributed by atoms with Gasteiger partial charge in [-0.2, -0.15) is 0 Å². The number of ether oxygens (including phenoxy) is 4. The van der Waals surface area contributed by atoms with Gasteiger partial charge in [-0.15, -0.1) is 0 Å². The quantitative estimate of drug-likeness (QED) is 0.0549. The van der Waals surface area contributed by atoms with Crippen LogP contribution in [0.25, 0.3) is 44.5 Å². The van der Waals surface area contributed by atoms with Crippen LogP contribution in [0.3, 0.4) is 0 Å². The molecule has 384 valence electrons. The first kappa shape index (κ1) is 49.5. The van der Waals surface area contributed by atoms with E-state index in [0.29, 0.717) is 25.7 Å². The van der Waals surface area contributed by atoms with Gasteiger partial charge in [0, 0.05) is 25.7 Å². The largest absolute Gasteiger partial charge is 0.465 e. The zero-order valence-electron chi connectivity index (χ0n) is 43.2. The highest BCUT2D eigenvalue weighted by Gasteiger charge is 2.38. The minimum atomic E-state index is -1.42. The molecule has 0 heterocycles. The molecular weight excluding hydrogens is 957 g/mol. The van der Waals surface area contributed by atoms with E-state index >= 15 is 0 Å². The summed E-state index contributed by atoms with van der Waals surface area (Å²) in [5, 5.41) is 0. The van der Waals surface area contributed by atoms with Crippen molar-refractivity contribution in [1.82, 2.24) is 0 Å². The van der Waals surface area contributed by atoms with Gasteiger partial charge in [-0.05, 0) is 163 Å². The van der Waals surface area contributed by atoms with Crippen LogP contribution in [0, 0.1) is 5.41 Å². The molecule has 0 radical (unpaired) electrons. The summed E-state index contributed by atoms with van der Waals surface area (Å²) >= 11 is 0. The minimum Gasteiger partial charge on any atom is -0.465 e. The summed E-state index contributed by atoms with van der Waals surface area (Å²) in [6.07, 6.45) is 5.36. The second-order valence-electron chi connectivity index (χ2n) is 21.3. The van der Waals surface area contributed by atoms with Crippen LogP contribution < -0.4 is 0 Å². The first-order valence-electron chi connectivity index (χ1n) is 27.1. The molecule has 8 nitrogen and oxygen atoms in total. The number of aryl methyl sites for hydroxylation is 4. The smallest absolute Gasteiger partial charge is 0.306 e. The van der Waals surface area contributed by atoms with E-state index in [-0.39, 0.29) is 52.1 Å². The van der Waals surface area contributed by atoms with Gasteiger partial charge in [-0.3, -0.25) is 19.2 Å². The van der Waals surface area contributed by atoms with Crippen molar-refractivity contribution in [2.24, 2.45) is 5.41 Å². The van der Waals surface area contributed by atoms with Crippen LogP contribution in [0.1, 0.15) is 92.4 Å². The zero-order valence-corrected chi connectivity index (χ0v) is 43.2. The molecule has 0 amide bonds. The Balaban J connectivity index is 0.769. The molecule has 0 fully saturated rings. The normalized spacial score (nSPS) is 12.8. The van der Waals surface area contributed by atoms with E-state index in [2.05, 4.69) is 121 Å². The van der Waals surface area contributed by atoms with Crippen LogP contribution in [-0.4, -0.2) is 50.3 Å². The van der Waals surface area contributed by atoms with Gasteiger partial charge in [0.05, 0.1) is 0 Å². The standard InChI is InChI=1S/C69H60O8/c70-65(33-29-45-17-9-25-57-53-21-5-1-13-49(53)37-61(45)57)74-41-69(42-75-66(71)34-30-46-18-10-26-58-54-22-6-2-14-50(54)38-62(46)58,43-76-67(72)35-31-47-19-11-27-59-55-23-7-3-15-51(55)39-63(47)59)44-77-68(73)36-32-48-20-12-28-60-56-24-8-4-16-52(56)40-64(48)60/h1-28H,29-44H2. The molecule has 8 aromatic carbocycles. The Morgan fingerprint density at radius 2 is 0.506 bits per heavy atom. The maximum atomic E-state index is 14.0. The average Bonchev–Trinajstić information content (AvgIpc) is 4.26. The number of carbonyl (C=O) groups is 4. The van der Waals surface area contributed by atoms with Gasteiger partial charge in [-0.25, -0.2) is 0 Å². The second kappa shape index (κ2) is 21.7. The van der Waals surface area contributed by atoms with Crippen molar-refractivity contribution in [1.29, 1.82) is 0 Å². The van der Waals surface area contributed by atoms with Gasteiger partial charge in [0.15, 0.2) is 0 Å². The maximum absolute atomic E-state index is 14.0. The molecular formula is C69H60O8. The highest BCUT2D eigenvalue weighted by molar-refractivity contribution is 5.82. The summed E-state index contributed by atoms with van der Waals surface area (Å²) in [5.74, 6) is -1.88. The number of carbonyl (C=O) groups excluding carboxylic acids is 4. The van der Waals surface area contributed by atoms with Crippen molar-refractivity contribution in [3.05, 3.63) is 237 Å². The number of hydrogen-bond donors (Lipinski definition) is 0. The Bertz CT molecular complexity index is 3130. The third-order valence-corrected chi connectivity index (χ3v) is 16.3. The third kappa shape index (κ3) is 10.4. The number of fused-ring (bicyclic) bond motifs is 12. The van der Waals surface area contributed by atoms with Crippen molar-refractivity contribution in [3.8, 4) is 44.5 Å². The molecule has 0 atom stereocenters. The first-order valence-corrected chi connectivity index (χ1v) is 27.1. The van der Waals surface area contributed by atoms with Crippen LogP contribution in [0.4, 0.5) is 0 Å². The molecule has 0 saturated heterocycles. The lowest BCUT2D eigenvalue weighted by molar-refractivity contribution is -0.170. The summed E-state index contributed by atoms with van der Waals surface area (Å²) in [6, 6.07) is 58.4. The topological polar surface area (TPSA) is 105 Å². The second-order valence-corrected chi connectivity index (χ2v) is 21.3. The van der Waals surface area contributed by atoms with Gasteiger partial charge in [-0.1, -0.05) is 170 Å². The fourth-order valence-electron chi connectivity index (χ4n) is 12.3. The predicted octanol–water partition coefficient (Wildman–Crippen LogP) is 13.0. The van der Waals surface area contributed by atoms with Crippen molar-refractivity contribution < 1.29 is 38.1 Å². The lowest BCUT2D eigenvalue weighted by Gasteiger charge is -2.31. The van der Waals surface area contributed by atoms with E-state index in [1.165, 1.54) is 89.0 Å². The fourth-order valence-corrected chi connectivity index (χ4v) is 12.3. The number of hydrogen-bond acceptors (Lipinski definition) is 8. The molecule has 0 bridgehead atoms. The zero-order chi connectivity index (χ0) is 52.3. The number of esters is 4. The van der Waals surface area contributed by atoms with Gasteiger partial charge >= 0.3 is 23.9 Å². The molecule has 0 aromatic heterocycles. The SMILES string of the molecule is O=C(CCc1cccc2c1Cc1ccccc1-2)OCC(COC(=O)CCc1cccc2c1Cc1ccccc1-2)(COC(=O)CCc1cccc2c1Cc1ccccc1-2)COC(=O)CCc1cccc2c1Cc1ccccc1-2. The number of rotatable bonds is 20. The summed E-state index contributed by atoms with van der Waals surface area (Å²) in [5.41, 5.74) is 22.3. The van der Waals surface area contributed by atoms with Crippen molar-refractivity contribution in [2.45, 2.75) is 77.0 Å². The van der Waals surface area contributed by atoms with E-state index in [0.717, 1.165) is 47.9 Å². The Labute approximate surface area is 450 Å². The molecule has 0 saturated carbocycles. The lowest BCUT2D eigenvalue weighted by Crippen LogP contribution is -2.44. The Morgan fingerprint density at radius 1 is 0.286 bits per heavy atom. The van der Waals surface area contributed by atoms with Gasteiger partial charge in [0.1, 0.15) is 31.8 Å². The lowest BCUT2D eigenvalue weighted by atomic mass is 9.91. The Kier molecular flexibility index (Phi) is 14.0. The summed E-state index contributed by atoms with van der Waals surface area (Å²) in [7, 11) is 0. The Hall–Kier alpha value is -8.36. The molecule has 0 aliphatic heterocycles. The summed E-state index contributed by atoms with van der Waals surface area (Å²) < 4.78 is 24.5. The molecule has 12 rings (SSSR count). The van der Waals surface area contributed by atoms with Crippen molar-refractivity contribution >= 4 is 23.9 Å². The Morgan fingerprint density at radius 3 is 0.753 bits per heavy atom. The fraction of sp³-hybridized carbons (Fsp3) is 0.246. The van der Waals surface area contributed by atoms with E-state index in [9.17, 15) is 19.2 Å². The minimum absolute atomic E-state index is 0.0873. The molecule has 4 aliphatic rings. The highest BCUT2D eigenvalue weighted by Crippen LogP contribution is 2.42. The van der Waals surface area contributed by atoms with E-state index in [1.54, 1.807) is 0 Å². The molecule has 4 aliphatic carbocycles. The van der Waals surface area contributed by atoms with E-state index < -0.39 is 29.3 Å². The predicted molar refractivity (Wildman–Crippen MR) is 298 cm³/mol. The molecule has 0 spiro atoms. The molecule has 77 heavy (non-hydrogen) atoms. The monoisotopic (exact) mass is 1020 g/mol. The highest BCUT2D eigenvalue weighted by atomic mass is 16.6. The van der Waals surface area contributed by atoms with Crippen LogP contribution in [0.5, 0.6) is 0 Å². The number of benzene rings is 8. The first-order chi connectivity index (χ1) is 37.8. The van der Waals surface area contributed by atoms with E-state index in [4.69, 9.17) is 18.9 Å². The molecule has 0 unspecified atom stereocenters. The maximum Gasteiger partial charge on any atom is 0.306 e. The summed E-state index contributed by atoms with van der Waals surface area (Å²) in [4.78, 5) is 55.8. The van der Waals surface area contributed by atoms with Crippen LogP contribution >= 0.6 is 0 Å². The van der Waals surface area contributed by atoms with Crippen LogP contribution in [0.2, 0.25) is 0 Å². The van der Waals surface area contributed by atoms with Gasteiger partial charge in [0.2, 0.25) is 0 Å². The van der Waals surface area contributed by atoms with Crippen LogP contribution in [-0.2, 0) is 89.5 Å². The summed E-state index contributed by atoms with van der Waals surface area (Å²) in [6.45, 7) is -1.29. The molecule has 0 N–H and O–H groups in total. The van der Waals surface area contributed by atoms with Gasteiger partial charge < -0.3 is 18.9 Å². The van der Waals surface area contributed by atoms with Crippen molar-refractivity contribution in [2.75, 3.05) is 26.4 Å². The molecule has 8 heteroatoms. The van der Waals surface area contributed by atoms with Gasteiger partial charge in [0.25, 0.3) is 0 Å². The van der Waals surface area contributed by atoms with Crippen LogP contribution in [0.15, 0.2) is 170 Å². The average molecular weight is 1020 g/mol. The van der Waals surface area contributed by atoms with Crippen molar-refractivity contribution in [3.63, 3.8) is 0 Å².